The molecule has 1 unspecified atom stereocenters. The Kier molecular flexibility index (Phi) is 3.32. The van der Waals surface area contributed by atoms with Crippen LogP contribution in [0.2, 0.25) is 0 Å². The molecule has 0 saturated carbocycles. The Labute approximate surface area is 105 Å². The largest absolute Gasteiger partial charge is 0.508 e. The molecule has 1 heterocycles. The predicted molar refractivity (Wildman–Crippen MR) is 68.4 cm³/mol. The normalized spacial score (nSPS) is 12.1. The smallest absolute Gasteiger partial charge is 0.248 e. The lowest BCUT2D eigenvalue weighted by atomic mass is 10.2. The summed E-state index contributed by atoms with van der Waals surface area (Å²) in [6, 6.07) is 7.90. The summed E-state index contributed by atoms with van der Waals surface area (Å²) in [5, 5.41) is 16.2. The molecule has 1 amide bonds. The molecule has 1 aromatic heterocycles. The van der Waals surface area contributed by atoms with Gasteiger partial charge in [0.15, 0.2) is 0 Å². The Hall–Kier alpha value is -2.30. The molecule has 5 heteroatoms. The predicted octanol–water partition coefficient (Wildman–Crippen LogP) is 2.10. The van der Waals surface area contributed by atoms with Gasteiger partial charge in [-0.3, -0.25) is 9.48 Å². The molecule has 18 heavy (non-hydrogen) atoms. The van der Waals surface area contributed by atoms with E-state index >= 15 is 0 Å². The molecule has 1 aromatic carbocycles. The van der Waals surface area contributed by atoms with Crippen molar-refractivity contribution in [2.24, 2.45) is 0 Å². The quantitative estimate of drug-likeness (QED) is 0.870. The fraction of sp³-hybridized carbons (Fsp3) is 0.231. The molecule has 5 nitrogen and oxygen atoms in total. The molecule has 0 saturated heterocycles. The summed E-state index contributed by atoms with van der Waals surface area (Å²) in [5.41, 5.74) is 1.49. The van der Waals surface area contributed by atoms with Crippen LogP contribution in [0.15, 0.2) is 36.5 Å². The summed E-state index contributed by atoms with van der Waals surface area (Å²) in [6.07, 6.45) is 1.66. The van der Waals surface area contributed by atoms with Crippen LogP contribution in [-0.4, -0.2) is 20.8 Å². The van der Waals surface area contributed by atoms with Gasteiger partial charge in [-0.1, -0.05) is 6.07 Å². The van der Waals surface area contributed by atoms with Crippen LogP contribution in [-0.2, 0) is 4.79 Å². The highest BCUT2D eigenvalue weighted by molar-refractivity contribution is 5.93. The first kappa shape index (κ1) is 12.2. The van der Waals surface area contributed by atoms with E-state index in [0.717, 1.165) is 5.69 Å². The third-order valence-electron chi connectivity index (χ3n) is 2.73. The summed E-state index contributed by atoms with van der Waals surface area (Å²) in [4.78, 5) is 12.0. The molecule has 2 aromatic rings. The molecule has 0 fully saturated rings. The van der Waals surface area contributed by atoms with E-state index in [9.17, 15) is 9.90 Å². The summed E-state index contributed by atoms with van der Waals surface area (Å²) in [5.74, 6) is -0.0527. The number of benzene rings is 1. The number of rotatable bonds is 3. The molecule has 0 aliphatic rings. The number of hydrogen-bond acceptors (Lipinski definition) is 3. The minimum atomic E-state index is -0.401. The van der Waals surface area contributed by atoms with Gasteiger partial charge in [0, 0.05) is 23.6 Å². The minimum Gasteiger partial charge on any atom is -0.508 e. The number of aromatic hydroxyl groups is 1. The summed E-state index contributed by atoms with van der Waals surface area (Å²) in [7, 11) is 0. The highest BCUT2D eigenvalue weighted by atomic mass is 16.3. The van der Waals surface area contributed by atoms with Crippen LogP contribution in [0.25, 0.3) is 0 Å². The average Bonchev–Trinajstić information content (AvgIpc) is 2.74. The van der Waals surface area contributed by atoms with Gasteiger partial charge in [-0.15, -0.1) is 0 Å². The summed E-state index contributed by atoms with van der Waals surface area (Å²) < 4.78 is 1.65. The lowest BCUT2D eigenvalue weighted by Crippen LogP contribution is -2.25. The standard InChI is InChI=1S/C13H15N3O2/c1-9-6-7-14-16(9)10(2)13(18)15-11-4-3-5-12(17)8-11/h3-8,10,17H,1-2H3,(H,15,18). The third kappa shape index (κ3) is 2.51. The lowest BCUT2D eigenvalue weighted by molar-refractivity contribution is -0.119. The molecular formula is C13H15N3O2. The van der Waals surface area contributed by atoms with E-state index in [-0.39, 0.29) is 11.7 Å². The number of phenols is 1. The first-order valence-electron chi connectivity index (χ1n) is 5.68. The number of hydrogen-bond donors (Lipinski definition) is 2. The van der Waals surface area contributed by atoms with E-state index in [2.05, 4.69) is 10.4 Å². The van der Waals surface area contributed by atoms with Crippen molar-refractivity contribution in [2.75, 3.05) is 5.32 Å². The Balaban J connectivity index is 2.11. The van der Waals surface area contributed by atoms with E-state index < -0.39 is 6.04 Å². The van der Waals surface area contributed by atoms with Gasteiger partial charge >= 0.3 is 0 Å². The van der Waals surface area contributed by atoms with Crippen molar-refractivity contribution in [3.05, 3.63) is 42.2 Å². The number of aromatic nitrogens is 2. The van der Waals surface area contributed by atoms with Crippen LogP contribution < -0.4 is 5.32 Å². The second-order valence-corrected chi connectivity index (χ2v) is 4.13. The van der Waals surface area contributed by atoms with Crippen molar-refractivity contribution in [1.82, 2.24) is 9.78 Å². The van der Waals surface area contributed by atoms with Crippen LogP contribution >= 0.6 is 0 Å². The lowest BCUT2D eigenvalue weighted by Gasteiger charge is -2.14. The van der Waals surface area contributed by atoms with Crippen molar-refractivity contribution in [3.8, 4) is 5.75 Å². The van der Waals surface area contributed by atoms with Crippen molar-refractivity contribution >= 4 is 11.6 Å². The number of anilines is 1. The maximum atomic E-state index is 12.0. The van der Waals surface area contributed by atoms with Crippen molar-refractivity contribution in [2.45, 2.75) is 19.9 Å². The van der Waals surface area contributed by atoms with Gasteiger partial charge in [0.05, 0.1) is 0 Å². The Morgan fingerprint density at radius 3 is 2.83 bits per heavy atom. The Morgan fingerprint density at radius 2 is 2.22 bits per heavy atom. The highest BCUT2D eigenvalue weighted by Crippen LogP contribution is 2.17. The summed E-state index contributed by atoms with van der Waals surface area (Å²) >= 11 is 0. The number of carbonyl (C=O) groups is 1. The van der Waals surface area contributed by atoms with Crippen LogP contribution in [0.5, 0.6) is 5.75 Å². The van der Waals surface area contributed by atoms with Gasteiger partial charge in [-0.2, -0.15) is 5.10 Å². The van der Waals surface area contributed by atoms with E-state index in [4.69, 9.17) is 0 Å². The van der Waals surface area contributed by atoms with Gasteiger partial charge in [-0.05, 0) is 32.0 Å². The number of aryl methyl sites for hydroxylation is 1. The second-order valence-electron chi connectivity index (χ2n) is 4.13. The van der Waals surface area contributed by atoms with Crippen LogP contribution in [0.3, 0.4) is 0 Å². The highest BCUT2D eigenvalue weighted by Gasteiger charge is 2.16. The van der Waals surface area contributed by atoms with Gasteiger partial charge in [0.25, 0.3) is 0 Å². The average molecular weight is 245 g/mol. The number of amides is 1. The van der Waals surface area contributed by atoms with Crippen molar-refractivity contribution < 1.29 is 9.90 Å². The fourth-order valence-corrected chi connectivity index (χ4v) is 1.73. The molecule has 2 rings (SSSR count). The van der Waals surface area contributed by atoms with Gasteiger partial charge in [0.2, 0.25) is 5.91 Å². The maximum Gasteiger partial charge on any atom is 0.248 e. The first-order valence-corrected chi connectivity index (χ1v) is 5.68. The molecule has 0 spiro atoms. The second kappa shape index (κ2) is 4.91. The molecule has 1 atom stereocenters. The molecule has 94 valence electrons. The topological polar surface area (TPSA) is 67.2 Å². The number of carbonyl (C=O) groups excluding carboxylic acids is 1. The van der Waals surface area contributed by atoms with Gasteiger partial charge in [0.1, 0.15) is 11.8 Å². The molecule has 2 N–H and O–H groups in total. The number of nitrogens with zero attached hydrogens (tertiary/aromatic N) is 2. The van der Waals surface area contributed by atoms with E-state index in [1.165, 1.54) is 6.07 Å². The Bertz CT molecular complexity index is 563. The molecule has 0 aliphatic heterocycles. The SMILES string of the molecule is Cc1ccnn1C(C)C(=O)Nc1cccc(O)c1. The monoisotopic (exact) mass is 245 g/mol. The third-order valence-corrected chi connectivity index (χ3v) is 2.73. The van der Waals surface area contributed by atoms with E-state index in [1.54, 1.807) is 36.0 Å². The number of phenolic OH excluding ortho intramolecular Hbond substituents is 1. The van der Waals surface area contributed by atoms with Crippen LogP contribution in [0.4, 0.5) is 5.69 Å². The molecule has 0 aliphatic carbocycles. The van der Waals surface area contributed by atoms with Crippen LogP contribution in [0.1, 0.15) is 18.7 Å². The van der Waals surface area contributed by atoms with Gasteiger partial charge in [-0.25, -0.2) is 0 Å². The number of nitrogens with one attached hydrogen (secondary N) is 1. The maximum absolute atomic E-state index is 12.0. The Morgan fingerprint density at radius 1 is 1.44 bits per heavy atom. The zero-order valence-corrected chi connectivity index (χ0v) is 10.3. The molecule has 0 radical (unpaired) electrons. The fourth-order valence-electron chi connectivity index (χ4n) is 1.73. The molecular weight excluding hydrogens is 230 g/mol. The van der Waals surface area contributed by atoms with Crippen LogP contribution in [0, 0.1) is 6.92 Å². The minimum absolute atomic E-state index is 0.121. The molecule has 0 bridgehead atoms. The summed E-state index contributed by atoms with van der Waals surface area (Å²) in [6.45, 7) is 3.67. The van der Waals surface area contributed by atoms with E-state index in [0.29, 0.717) is 5.69 Å². The van der Waals surface area contributed by atoms with Crippen molar-refractivity contribution in [3.63, 3.8) is 0 Å². The van der Waals surface area contributed by atoms with E-state index in [1.807, 2.05) is 13.0 Å². The van der Waals surface area contributed by atoms with Gasteiger partial charge < -0.3 is 10.4 Å². The zero-order chi connectivity index (χ0) is 13.1. The zero-order valence-electron chi connectivity index (χ0n) is 10.3. The first-order chi connectivity index (χ1) is 8.58. The van der Waals surface area contributed by atoms with Crippen molar-refractivity contribution in [1.29, 1.82) is 0 Å².